The molecular formula is C12H11BrO2. The summed E-state index contributed by atoms with van der Waals surface area (Å²) in [4.78, 5) is 13.4. The second kappa shape index (κ2) is 4.62. The predicted molar refractivity (Wildman–Crippen MR) is 61.5 cm³/mol. The zero-order chi connectivity index (χ0) is 10.7. The lowest BCUT2D eigenvalue weighted by Gasteiger charge is -2.22. The van der Waals surface area contributed by atoms with Crippen molar-refractivity contribution in [2.24, 2.45) is 0 Å². The lowest BCUT2D eigenvalue weighted by atomic mass is 9.92. The summed E-state index contributed by atoms with van der Waals surface area (Å²) < 4.78 is 5.18. The van der Waals surface area contributed by atoms with Crippen LogP contribution in [0.25, 0.3) is 0 Å². The van der Waals surface area contributed by atoms with E-state index in [4.69, 9.17) is 4.74 Å². The predicted octanol–water partition coefficient (Wildman–Crippen LogP) is 3.34. The molecule has 3 heteroatoms. The van der Waals surface area contributed by atoms with Crippen LogP contribution in [0.5, 0.6) is 0 Å². The molecule has 0 unspecified atom stereocenters. The smallest absolute Gasteiger partial charge is 0.318 e. The van der Waals surface area contributed by atoms with Crippen molar-refractivity contribution >= 4 is 21.9 Å². The van der Waals surface area contributed by atoms with Crippen LogP contribution < -0.4 is 0 Å². The number of hydrogen-bond donors (Lipinski definition) is 0. The van der Waals surface area contributed by atoms with Gasteiger partial charge in [0.05, 0.1) is 5.92 Å². The molecule has 1 saturated heterocycles. The summed E-state index contributed by atoms with van der Waals surface area (Å²) in [6.45, 7) is 0. The van der Waals surface area contributed by atoms with Crippen LogP contribution in [0, 0.1) is 0 Å². The quantitative estimate of drug-likeness (QED) is 0.729. The highest BCUT2D eigenvalue weighted by Gasteiger charge is 2.27. The SMILES string of the molecule is O=C1O/C(=C/Br)CC[C@H]1c1ccccc1. The third kappa shape index (κ3) is 2.29. The van der Waals surface area contributed by atoms with Crippen LogP contribution >= 0.6 is 15.9 Å². The fourth-order valence-corrected chi connectivity index (χ4v) is 2.04. The Labute approximate surface area is 97.1 Å². The number of benzene rings is 1. The molecule has 1 aromatic carbocycles. The van der Waals surface area contributed by atoms with Gasteiger partial charge < -0.3 is 4.74 Å². The van der Waals surface area contributed by atoms with Gasteiger partial charge in [-0.3, -0.25) is 4.79 Å². The summed E-state index contributed by atoms with van der Waals surface area (Å²) >= 11 is 3.18. The van der Waals surface area contributed by atoms with Crippen LogP contribution in [0.1, 0.15) is 24.3 Å². The Morgan fingerprint density at radius 3 is 2.67 bits per heavy atom. The molecular weight excluding hydrogens is 256 g/mol. The van der Waals surface area contributed by atoms with Gasteiger partial charge >= 0.3 is 5.97 Å². The molecule has 1 atom stereocenters. The molecule has 0 bridgehead atoms. The van der Waals surface area contributed by atoms with Gasteiger partial charge in [-0.1, -0.05) is 46.3 Å². The average Bonchev–Trinajstić information content (AvgIpc) is 2.30. The average molecular weight is 267 g/mol. The van der Waals surface area contributed by atoms with Crippen molar-refractivity contribution in [3.8, 4) is 0 Å². The lowest BCUT2D eigenvalue weighted by molar-refractivity contribution is -0.143. The molecule has 0 saturated carbocycles. The molecule has 0 aromatic heterocycles. The highest BCUT2D eigenvalue weighted by molar-refractivity contribution is 9.11. The Kier molecular flexibility index (Phi) is 3.21. The second-order valence-corrected chi connectivity index (χ2v) is 3.96. The van der Waals surface area contributed by atoms with Crippen molar-refractivity contribution in [1.29, 1.82) is 0 Å². The van der Waals surface area contributed by atoms with Crippen molar-refractivity contribution in [3.05, 3.63) is 46.6 Å². The molecule has 1 aliphatic heterocycles. The van der Waals surface area contributed by atoms with E-state index < -0.39 is 0 Å². The fourth-order valence-electron chi connectivity index (χ4n) is 1.72. The van der Waals surface area contributed by atoms with Crippen LogP contribution in [0.2, 0.25) is 0 Å². The minimum absolute atomic E-state index is 0.109. The third-order valence-corrected chi connectivity index (χ3v) is 3.03. The van der Waals surface area contributed by atoms with Gasteiger partial charge in [0, 0.05) is 11.4 Å². The van der Waals surface area contributed by atoms with E-state index in [2.05, 4.69) is 15.9 Å². The molecule has 2 rings (SSSR count). The monoisotopic (exact) mass is 266 g/mol. The van der Waals surface area contributed by atoms with Gasteiger partial charge in [0.25, 0.3) is 0 Å². The Morgan fingerprint density at radius 1 is 1.33 bits per heavy atom. The molecule has 0 N–H and O–H groups in total. The lowest BCUT2D eigenvalue weighted by Crippen LogP contribution is -2.20. The maximum absolute atomic E-state index is 11.7. The summed E-state index contributed by atoms with van der Waals surface area (Å²) in [5.74, 6) is 0.452. The highest BCUT2D eigenvalue weighted by atomic mass is 79.9. The summed E-state index contributed by atoms with van der Waals surface area (Å²) in [5.41, 5.74) is 1.04. The summed E-state index contributed by atoms with van der Waals surface area (Å²) in [6.07, 6.45) is 1.62. The van der Waals surface area contributed by atoms with E-state index >= 15 is 0 Å². The molecule has 1 fully saturated rings. The van der Waals surface area contributed by atoms with Gasteiger partial charge in [0.1, 0.15) is 5.76 Å². The summed E-state index contributed by atoms with van der Waals surface area (Å²) in [5, 5.41) is 0. The van der Waals surface area contributed by atoms with Crippen LogP contribution in [-0.4, -0.2) is 5.97 Å². The third-order valence-electron chi connectivity index (χ3n) is 2.52. The zero-order valence-electron chi connectivity index (χ0n) is 8.15. The minimum Gasteiger partial charge on any atom is -0.430 e. The molecule has 78 valence electrons. The van der Waals surface area contributed by atoms with E-state index in [1.165, 1.54) is 0 Å². The number of halogens is 1. The van der Waals surface area contributed by atoms with Crippen LogP contribution in [-0.2, 0) is 9.53 Å². The first kappa shape index (κ1) is 10.4. The number of carbonyl (C=O) groups is 1. The Bertz CT molecular complexity index is 384. The Hall–Kier alpha value is -1.09. The number of hydrogen-bond acceptors (Lipinski definition) is 2. The minimum atomic E-state index is -0.154. The number of allylic oxidation sites excluding steroid dienone is 1. The summed E-state index contributed by atoms with van der Waals surface area (Å²) in [7, 11) is 0. The maximum atomic E-state index is 11.7. The van der Waals surface area contributed by atoms with Gasteiger partial charge in [-0.15, -0.1) is 0 Å². The van der Waals surface area contributed by atoms with Crippen LogP contribution in [0.15, 0.2) is 41.1 Å². The number of carbonyl (C=O) groups excluding carboxylic acids is 1. The van der Waals surface area contributed by atoms with Gasteiger partial charge in [-0.25, -0.2) is 0 Å². The zero-order valence-corrected chi connectivity index (χ0v) is 9.74. The molecule has 15 heavy (non-hydrogen) atoms. The van der Waals surface area contributed by atoms with Crippen molar-refractivity contribution in [2.45, 2.75) is 18.8 Å². The highest BCUT2D eigenvalue weighted by Crippen LogP contribution is 2.31. The van der Waals surface area contributed by atoms with Crippen LogP contribution in [0.3, 0.4) is 0 Å². The van der Waals surface area contributed by atoms with Gasteiger partial charge in [-0.2, -0.15) is 0 Å². The molecule has 0 radical (unpaired) electrons. The first-order valence-corrected chi connectivity index (χ1v) is 5.78. The first-order chi connectivity index (χ1) is 7.31. The fraction of sp³-hybridized carbons (Fsp3) is 0.250. The van der Waals surface area contributed by atoms with Crippen molar-refractivity contribution in [3.63, 3.8) is 0 Å². The summed E-state index contributed by atoms with van der Waals surface area (Å²) in [6, 6.07) is 9.77. The van der Waals surface area contributed by atoms with Crippen molar-refractivity contribution in [2.75, 3.05) is 0 Å². The van der Waals surface area contributed by atoms with E-state index in [1.807, 2.05) is 30.3 Å². The number of rotatable bonds is 1. The van der Waals surface area contributed by atoms with E-state index in [-0.39, 0.29) is 11.9 Å². The number of cyclic esters (lactones) is 1. The van der Waals surface area contributed by atoms with Gasteiger partial charge in [0.15, 0.2) is 0 Å². The van der Waals surface area contributed by atoms with Gasteiger partial charge in [0.2, 0.25) is 0 Å². The standard InChI is InChI=1S/C12H11BrO2/c13-8-10-6-7-11(12(14)15-10)9-4-2-1-3-5-9/h1-5,8,11H,6-7H2/b10-8+/t11-/m0/s1. The van der Waals surface area contributed by atoms with Crippen LogP contribution in [0.4, 0.5) is 0 Å². The number of esters is 1. The molecule has 1 aliphatic rings. The van der Waals surface area contributed by atoms with E-state index in [9.17, 15) is 4.79 Å². The normalized spacial score (nSPS) is 23.9. The van der Waals surface area contributed by atoms with Crippen molar-refractivity contribution in [1.82, 2.24) is 0 Å². The molecule has 0 spiro atoms. The molecule has 0 amide bonds. The second-order valence-electron chi connectivity index (χ2n) is 3.50. The number of ether oxygens (including phenoxy) is 1. The Balaban J connectivity index is 2.17. The van der Waals surface area contributed by atoms with E-state index in [1.54, 1.807) is 4.99 Å². The topological polar surface area (TPSA) is 26.3 Å². The first-order valence-electron chi connectivity index (χ1n) is 4.87. The van der Waals surface area contributed by atoms with Gasteiger partial charge in [-0.05, 0) is 12.0 Å². The van der Waals surface area contributed by atoms with Crippen molar-refractivity contribution < 1.29 is 9.53 Å². The maximum Gasteiger partial charge on any atom is 0.318 e. The Morgan fingerprint density at radius 2 is 2.07 bits per heavy atom. The molecule has 1 heterocycles. The molecule has 2 nitrogen and oxygen atoms in total. The van der Waals surface area contributed by atoms with E-state index in [0.717, 1.165) is 18.4 Å². The molecule has 1 aromatic rings. The van der Waals surface area contributed by atoms with E-state index in [0.29, 0.717) is 5.76 Å². The largest absolute Gasteiger partial charge is 0.430 e. The molecule has 0 aliphatic carbocycles.